The van der Waals surface area contributed by atoms with Crippen LogP contribution >= 0.6 is 0 Å². The molecule has 0 saturated heterocycles. The van der Waals surface area contributed by atoms with E-state index >= 15 is 0 Å². The highest BCUT2D eigenvalue weighted by Crippen LogP contribution is 2.20. The van der Waals surface area contributed by atoms with Crippen LogP contribution in [0.4, 0.5) is 0 Å². The molecule has 0 saturated carbocycles. The van der Waals surface area contributed by atoms with Gasteiger partial charge in [-0.15, -0.1) is 0 Å². The molecule has 0 aliphatic heterocycles. The third kappa shape index (κ3) is 1.76. The molecule has 0 spiro atoms. The van der Waals surface area contributed by atoms with Crippen LogP contribution in [0.1, 0.15) is 19.2 Å². The smallest absolute Gasteiger partial charge is 0.113 e. The summed E-state index contributed by atoms with van der Waals surface area (Å²) >= 11 is 0. The van der Waals surface area contributed by atoms with Gasteiger partial charge in [0.05, 0.1) is 17.4 Å². The summed E-state index contributed by atoms with van der Waals surface area (Å²) in [5, 5.41) is 9.31. The van der Waals surface area contributed by atoms with Gasteiger partial charge < -0.3 is 4.57 Å². The van der Waals surface area contributed by atoms with E-state index in [-0.39, 0.29) is 0 Å². The van der Waals surface area contributed by atoms with Crippen molar-refractivity contribution in [2.75, 3.05) is 0 Å². The van der Waals surface area contributed by atoms with E-state index in [1.807, 2.05) is 30.6 Å². The Balaban J connectivity index is 2.22. The Morgan fingerprint density at radius 3 is 3.00 bits per heavy atom. The summed E-state index contributed by atoms with van der Waals surface area (Å²) in [6.45, 7) is 2.15. The van der Waals surface area contributed by atoms with E-state index < -0.39 is 0 Å². The van der Waals surface area contributed by atoms with Crippen molar-refractivity contribution in [1.29, 1.82) is 0 Å². The number of imidazole rings is 1. The molecule has 3 rings (SSSR count). The lowest BCUT2D eigenvalue weighted by molar-refractivity contribution is 0.808. The highest BCUT2D eigenvalue weighted by Gasteiger charge is 2.08. The van der Waals surface area contributed by atoms with Crippen LogP contribution < -0.4 is 0 Å². The van der Waals surface area contributed by atoms with Crippen molar-refractivity contribution in [3.63, 3.8) is 0 Å². The summed E-state index contributed by atoms with van der Waals surface area (Å²) in [5.41, 5.74) is 1.95. The molecule has 0 aliphatic rings. The van der Waals surface area contributed by atoms with Crippen LogP contribution in [0.5, 0.6) is 0 Å². The molecule has 4 nitrogen and oxygen atoms in total. The molecule has 0 unspecified atom stereocenters. The third-order valence-electron chi connectivity index (χ3n) is 2.98. The monoisotopic (exact) mass is 238 g/mol. The Bertz CT molecular complexity index is 667. The summed E-state index contributed by atoms with van der Waals surface area (Å²) in [6, 6.07) is 8.03. The topological polar surface area (TPSA) is 43.6 Å². The van der Waals surface area contributed by atoms with Gasteiger partial charge in [-0.25, -0.2) is 4.98 Å². The predicted octanol–water partition coefficient (Wildman–Crippen LogP) is 2.77. The van der Waals surface area contributed by atoms with Gasteiger partial charge in [0.25, 0.3) is 0 Å². The van der Waals surface area contributed by atoms with Crippen LogP contribution in [0.3, 0.4) is 0 Å². The van der Waals surface area contributed by atoms with Crippen LogP contribution in [0.25, 0.3) is 16.6 Å². The van der Waals surface area contributed by atoms with E-state index in [4.69, 9.17) is 0 Å². The molecule has 0 bridgehead atoms. The number of aromatic nitrogens is 4. The number of hydrogen-bond donors (Lipinski definition) is 0. The molecular weight excluding hydrogens is 224 g/mol. The van der Waals surface area contributed by atoms with Gasteiger partial charge in [-0.1, -0.05) is 25.1 Å². The summed E-state index contributed by atoms with van der Waals surface area (Å²) < 4.78 is 2.10. The van der Waals surface area contributed by atoms with E-state index in [2.05, 4.69) is 32.7 Å². The number of benzene rings is 1. The maximum atomic E-state index is 4.40. The standard InChI is InChI=1S/C14H14N4/c1-2-5-14-15-8-9-18(14)13-10-16-17-12-7-4-3-6-11(12)13/h3-4,6-10H,2,5H2,1H3. The minimum Gasteiger partial charge on any atom is -0.301 e. The van der Waals surface area contributed by atoms with Crippen molar-refractivity contribution < 1.29 is 0 Å². The zero-order chi connectivity index (χ0) is 12.4. The van der Waals surface area contributed by atoms with Crippen LogP contribution in [0.2, 0.25) is 0 Å². The lowest BCUT2D eigenvalue weighted by atomic mass is 10.2. The van der Waals surface area contributed by atoms with Crippen LogP contribution in [0, 0.1) is 0 Å². The van der Waals surface area contributed by atoms with Crippen LogP contribution in [-0.2, 0) is 6.42 Å². The average molecular weight is 238 g/mol. The minimum atomic E-state index is 0.908. The minimum absolute atomic E-state index is 0.908. The molecule has 2 aromatic heterocycles. The maximum absolute atomic E-state index is 4.40. The molecular formula is C14H14N4. The SMILES string of the molecule is CCCc1nccn1-c1cnnc2ccccc12. The van der Waals surface area contributed by atoms with E-state index in [1.54, 1.807) is 6.20 Å². The number of fused-ring (bicyclic) bond motifs is 1. The molecule has 0 aliphatic carbocycles. The number of nitrogens with zero attached hydrogens (tertiary/aromatic N) is 4. The molecule has 2 heterocycles. The van der Waals surface area contributed by atoms with Gasteiger partial charge in [0.2, 0.25) is 0 Å². The lowest BCUT2D eigenvalue weighted by Crippen LogP contribution is -2.02. The molecule has 1 aromatic carbocycles. The van der Waals surface area contributed by atoms with E-state index in [9.17, 15) is 0 Å². The molecule has 90 valence electrons. The van der Waals surface area contributed by atoms with E-state index in [0.717, 1.165) is 35.3 Å². The second-order valence-corrected chi connectivity index (χ2v) is 4.21. The maximum Gasteiger partial charge on any atom is 0.113 e. The first-order chi connectivity index (χ1) is 8.90. The fraction of sp³-hybridized carbons (Fsp3) is 0.214. The van der Waals surface area contributed by atoms with Crippen molar-refractivity contribution >= 4 is 10.9 Å². The molecule has 0 amide bonds. The highest BCUT2D eigenvalue weighted by atomic mass is 15.1. The molecule has 0 radical (unpaired) electrons. The summed E-state index contributed by atoms with van der Waals surface area (Å²) in [6.07, 6.45) is 7.65. The van der Waals surface area contributed by atoms with Crippen molar-refractivity contribution in [2.45, 2.75) is 19.8 Å². The average Bonchev–Trinajstić information content (AvgIpc) is 2.87. The Morgan fingerprint density at radius 1 is 1.22 bits per heavy atom. The largest absolute Gasteiger partial charge is 0.301 e. The second kappa shape index (κ2) is 4.56. The first-order valence-corrected chi connectivity index (χ1v) is 6.13. The van der Waals surface area contributed by atoms with Crippen molar-refractivity contribution in [2.24, 2.45) is 0 Å². The fourth-order valence-corrected chi connectivity index (χ4v) is 2.15. The van der Waals surface area contributed by atoms with Gasteiger partial charge in [0, 0.05) is 24.2 Å². The first kappa shape index (κ1) is 10.9. The van der Waals surface area contributed by atoms with Gasteiger partial charge >= 0.3 is 0 Å². The summed E-state index contributed by atoms with van der Waals surface area (Å²) in [7, 11) is 0. The Labute approximate surface area is 105 Å². The van der Waals surface area contributed by atoms with Crippen LogP contribution in [-0.4, -0.2) is 19.7 Å². The van der Waals surface area contributed by atoms with E-state index in [0.29, 0.717) is 0 Å². The fourth-order valence-electron chi connectivity index (χ4n) is 2.15. The van der Waals surface area contributed by atoms with Crippen LogP contribution in [0.15, 0.2) is 42.9 Å². The molecule has 4 heteroatoms. The lowest BCUT2D eigenvalue weighted by Gasteiger charge is -2.09. The normalized spacial score (nSPS) is 10.9. The molecule has 0 N–H and O–H groups in total. The quantitative estimate of drug-likeness (QED) is 0.704. The van der Waals surface area contributed by atoms with Gasteiger partial charge in [-0.3, -0.25) is 0 Å². The Hall–Kier alpha value is -2.23. The number of hydrogen-bond acceptors (Lipinski definition) is 3. The van der Waals surface area contributed by atoms with Crippen molar-refractivity contribution in [3.8, 4) is 5.69 Å². The third-order valence-corrected chi connectivity index (χ3v) is 2.98. The van der Waals surface area contributed by atoms with Crippen molar-refractivity contribution in [3.05, 3.63) is 48.7 Å². The molecule has 3 aromatic rings. The summed E-state index contributed by atoms with van der Waals surface area (Å²) in [4.78, 5) is 4.40. The number of rotatable bonds is 3. The van der Waals surface area contributed by atoms with Crippen molar-refractivity contribution in [1.82, 2.24) is 19.7 Å². The number of aryl methyl sites for hydroxylation is 1. The first-order valence-electron chi connectivity index (χ1n) is 6.13. The zero-order valence-corrected chi connectivity index (χ0v) is 10.2. The van der Waals surface area contributed by atoms with Gasteiger partial charge in [0.15, 0.2) is 0 Å². The molecule has 18 heavy (non-hydrogen) atoms. The van der Waals surface area contributed by atoms with E-state index in [1.165, 1.54) is 0 Å². The molecule has 0 fully saturated rings. The van der Waals surface area contributed by atoms with Gasteiger partial charge in [-0.05, 0) is 12.5 Å². The molecule has 0 atom stereocenters. The Kier molecular flexibility index (Phi) is 2.76. The summed E-state index contributed by atoms with van der Waals surface area (Å²) in [5.74, 6) is 1.07. The van der Waals surface area contributed by atoms with Gasteiger partial charge in [-0.2, -0.15) is 10.2 Å². The predicted molar refractivity (Wildman–Crippen MR) is 70.7 cm³/mol. The second-order valence-electron chi connectivity index (χ2n) is 4.21. The van der Waals surface area contributed by atoms with Gasteiger partial charge in [0.1, 0.15) is 5.82 Å². The Morgan fingerprint density at radius 2 is 2.11 bits per heavy atom. The highest BCUT2D eigenvalue weighted by molar-refractivity contribution is 5.86. The zero-order valence-electron chi connectivity index (χ0n) is 10.2.